The Labute approximate surface area is 183 Å². The number of amides is 1. The molecule has 4 rings (SSSR count). The Morgan fingerprint density at radius 3 is 2.60 bits per heavy atom. The van der Waals surface area contributed by atoms with Crippen LogP contribution in [0, 0.1) is 11.7 Å². The highest BCUT2D eigenvalue weighted by atomic mass is 35.5. The molecule has 0 aliphatic carbocycles. The quantitative estimate of drug-likeness (QED) is 0.592. The highest BCUT2D eigenvalue weighted by Crippen LogP contribution is 2.24. The fraction of sp³-hybridized carbons (Fsp3) is 0.286. The maximum absolute atomic E-state index is 13.3. The maximum Gasteiger partial charge on any atom is 0.241 e. The average Bonchev–Trinajstić information content (AvgIpc) is 3.20. The van der Waals surface area contributed by atoms with Gasteiger partial charge in [0.15, 0.2) is 0 Å². The van der Waals surface area contributed by atoms with E-state index in [1.807, 2.05) is 12.1 Å². The SMILES string of the molecule is O=C(Nc1ccc(F)c(Cl)c1)C1CCN(Cc2nc(-c3ccc(Cl)cc3)no2)CC1. The van der Waals surface area contributed by atoms with Crippen molar-refractivity contribution in [3.63, 3.8) is 0 Å². The molecule has 0 radical (unpaired) electrons. The molecule has 2 aromatic carbocycles. The predicted molar refractivity (Wildman–Crippen MR) is 113 cm³/mol. The van der Waals surface area contributed by atoms with Crippen molar-refractivity contribution in [3.8, 4) is 11.4 Å². The number of carbonyl (C=O) groups excluding carboxylic acids is 1. The molecule has 1 saturated heterocycles. The number of nitrogens with one attached hydrogen (secondary N) is 1. The fourth-order valence-corrected chi connectivity index (χ4v) is 3.70. The molecule has 2 heterocycles. The van der Waals surface area contributed by atoms with Gasteiger partial charge in [0.25, 0.3) is 0 Å². The molecular weight excluding hydrogens is 430 g/mol. The van der Waals surface area contributed by atoms with Gasteiger partial charge in [0.1, 0.15) is 5.82 Å². The fourth-order valence-electron chi connectivity index (χ4n) is 3.40. The van der Waals surface area contributed by atoms with Crippen LogP contribution < -0.4 is 5.32 Å². The first-order valence-electron chi connectivity index (χ1n) is 9.55. The molecule has 0 saturated carbocycles. The molecule has 30 heavy (non-hydrogen) atoms. The zero-order chi connectivity index (χ0) is 21.1. The molecule has 1 amide bonds. The van der Waals surface area contributed by atoms with E-state index < -0.39 is 5.82 Å². The van der Waals surface area contributed by atoms with Crippen molar-refractivity contribution < 1.29 is 13.7 Å². The standard InChI is InChI=1S/C21H19Cl2FN4O2/c22-15-3-1-13(2-4-15)20-26-19(30-27-20)12-28-9-7-14(8-10-28)21(29)25-16-5-6-18(24)17(23)11-16/h1-6,11,14H,7-10,12H2,(H,25,29). The van der Waals surface area contributed by atoms with Gasteiger partial charge in [-0.1, -0.05) is 28.4 Å². The number of nitrogens with zero attached hydrogens (tertiary/aromatic N) is 3. The third kappa shape index (κ3) is 4.98. The molecule has 1 N–H and O–H groups in total. The molecule has 6 nitrogen and oxygen atoms in total. The molecule has 0 atom stereocenters. The normalized spacial score (nSPS) is 15.3. The van der Waals surface area contributed by atoms with E-state index in [9.17, 15) is 9.18 Å². The summed E-state index contributed by atoms with van der Waals surface area (Å²) in [5.74, 6) is 0.346. The van der Waals surface area contributed by atoms with Crippen LogP contribution in [0.5, 0.6) is 0 Å². The van der Waals surface area contributed by atoms with Gasteiger partial charge in [-0.2, -0.15) is 4.98 Å². The van der Waals surface area contributed by atoms with E-state index in [0.717, 1.165) is 18.7 Å². The number of benzene rings is 2. The topological polar surface area (TPSA) is 71.3 Å². The summed E-state index contributed by atoms with van der Waals surface area (Å²) >= 11 is 11.7. The molecule has 0 unspecified atom stereocenters. The van der Waals surface area contributed by atoms with Gasteiger partial charge in [0.05, 0.1) is 11.6 Å². The van der Waals surface area contributed by atoms with Crippen LogP contribution in [0.4, 0.5) is 10.1 Å². The monoisotopic (exact) mass is 448 g/mol. The van der Waals surface area contributed by atoms with Gasteiger partial charge >= 0.3 is 0 Å². The second kappa shape index (κ2) is 9.12. The highest BCUT2D eigenvalue weighted by molar-refractivity contribution is 6.31. The Kier molecular flexibility index (Phi) is 6.32. The van der Waals surface area contributed by atoms with Gasteiger partial charge < -0.3 is 9.84 Å². The van der Waals surface area contributed by atoms with Gasteiger partial charge in [0.2, 0.25) is 17.6 Å². The first-order valence-corrected chi connectivity index (χ1v) is 10.3. The highest BCUT2D eigenvalue weighted by Gasteiger charge is 2.26. The first kappa shape index (κ1) is 20.8. The summed E-state index contributed by atoms with van der Waals surface area (Å²) in [5.41, 5.74) is 1.33. The summed E-state index contributed by atoms with van der Waals surface area (Å²) < 4.78 is 18.6. The second-order valence-corrected chi connectivity index (χ2v) is 8.03. The number of halogens is 3. The van der Waals surface area contributed by atoms with Crippen LogP contribution in [0.25, 0.3) is 11.4 Å². The smallest absolute Gasteiger partial charge is 0.241 e. The number of aromatic nitrogens is 2. The lowest BCUT2D eigenvalue weighted by molar-refractivity contribution is -0.121. The maximum atomic E-state index is 13.3. The zero-order valence-corrected chi connectivity index (χ0v) is 17.5. The largest absolute Gasteiger partial charge is 0.338 e. The molecule has 156 valence electrons. The predicted octanol–water partition coefficient (Wildman–Crippen LogP) is 5.03. The minimum Gasteiger partial charge on any atom is -0.338 e. The minimum absolute atomic E-state index is 0.0138. The summed E-state index contributed by atoms with van der Waals surface area (Å²) in [6.45, 7) is 2.00. The Morgan fingerprint density at radius 1 is 1.17 bits per heavy atom. The van der Waals surface area contributed by atoms with Gasteiger partial charge in [-0.05, 0) is 68.4 Å². The van der Waals surface area contributed by atoms with E-state index in [2.05, 4.69) is 20.4 Å². The van der Waals surface area contributed by atoms with Gasteiger partial charge in [0, 0.05) is 22.2 Å². The summed E-state index contributed by atoms with van der Waals surface area (Å²) in [5, 5.41) is 7.47. The Morgan fingerprint density at radius 2 is 1.90 bits per heavy atom. The first-order chi connectivity index (χ1) is 14.5. The van der Waals surface area contributed by atoms with Crippen molar-refractivity contribution in [3.05, 3.63) is 64.2 Å². The van der Waals surface area contributed by atoms with Crippen LogP contribution in [0.2, 0.25) is 10.0 Å². The number of hydrogen-bond donors (Lipinski definition) is 1. The van der Waals surface area contributed by atoms with E-state index in [0.29, 0.717) is 41.8 Å². The number of likely N-dealkylation sites (tertiary alicyclic amines) is 1. The van der Waals surface area contributed by atoms with Crippen molar-refractivity contribution in [1.82, 2.24) is 15.0 Å². The number of carbonyl (C=O) groups is 1. The van der Waals surface area contributed by atoms with Crippen LogP contribution >= 0.6 is 23.2 Å². The van der Waals surface area contributed by atoms with Crippen LogP contribution in [0.15, 0.2) is 47.0 Å². The number of anilines is 1. The van der Waals surface area contributed by atoms with Crippen LogP contribution in [-0.2, 0) is 11.3 Å². The summed E-state index contributed by atoms with van der Waals surface area (Å²) in [4.78, 5) is 19.1. The van der Waals surface area contributed by atoms with E-state index in [4.69, 9.17) is 27.7 Å². The molecule has 0 spiro atoms. The van der Waals surface area contributed by atoms with Crippen molar-refractivity contribution in [2.75, 3.05) is 18.4 Å². The Bertz CT molecular complexity index is 1030. The molecule has 9 heteroatoms. The van der Waals surface area contributed by atoms with E-state index in [-0.39, 0.29) is 16.8 Å². The molecule has 1 aromatic heterocycles. The summed E-state index contributed by atoms with van der Waals surface area (Å²) in [6, 6.07) is 11.4. The van der Waals surface area contributed by atoms with Crippen LogP contribution in [0.1, 0.15) is 18.7 Å². The lowest BCUT2D eigenvalue weighted by Crippen LogP contribution is -2.37. The average molecular weight is 449 g/mol. The molecule has 0 bridgehead atoms. The van der Waals surface area contributed by atoms with Gasteiger partial charge in [-0.25, -0.2) is 4.39 Å². The minimum atomic E-state index is -0.511. The lowest BCUT2D eigenvalue weighted by Gasteiger charge is -2.30. The van der Waals surface area contributed by atoms with Crippen molar-refractivity contribution in [2.45, 2.75) is 19.4 Å². The van der Waals surface area contributed by atoms with Crippen LogP contribution in [0.3, 0.4) is 0 Å². The molecule has 1 fully saturated rings. The third-order valence-corrected chi connectivity index (χ3v) is 5.62. The molecule has 1 aliphatic heterocycles. The van der Waals surface area contributed by atoms with Crippen molar-refractivity contribution >= 4 is 34.8 Å². The zero-order valence-electron chi connectivity index (χ0n) is 15.9. The van der Waals surface area contributed by atoms with Crippen LogP contribution in [-0.4, -0.2) is 34.0 Å². The molecule has 3 aromatic rings. The molecular formula is C21H19Cl2FN4O2. The second-order valence-electron chi connectivity index (χ2n) is 7.19. The number of rotatable bonds is 5. The van der Waals surface area contributed by atoms with Crippen molar-refractivity contribution in [2.24, 2.45) is 5.92 Å². The Hall–Kier alpha value is -2.48. The molecule has 1 aliphatic rings. The summed E-state index contributed by atoms with van der Waals surface area (Å²) in [6.07, 6.45) is 1.41. The number of piperidine rings is 1. The third-order valence-electron chi connectivity index (χ3n) is 5.07. The summed E-state index contributed by atoms with van der Waals surface area (Å²) in [7, 11) is 0. The van der Waals surface area contributed by atoms with Gasteiger partial charge in [-0.3, -0.25) is 9.69 Å². The Balaban J connectivity index is 1.29. The van der Waals surface area contributed by atoms with Crippen molar-refractivity contribution in [1.29, 1.82) is 0 Å². The number of hydrogen-bond acceptors (Lipinski definition) is 5. The van der Waals surface area contributed by atoms with Gasteiger partial charge in [-0.15, -0.1) is 0 Å². The van der Waals surface area contributed by atoms with E-state index in [1.165, 1.54) is 18.2 Å². The van der Waals surface area contributed by atoms with E-state index >= 15 is 0 Å². The lowest BCUT2D eigenvalue weighted by atomic mass is 9.96. The van der Waals surface area contributed by atoms with E-state index in [1.54, 1.807) is 12.1 Å².